The molecule has 0 radical (unpaired) electrons. The van der Waals surface area contributed by atoms with Crippen LogP contribution in [0.4, 0.5) is 0 Å². The Balaban J connectivity index is 1.66. The summed E-state index contributed by atoms with van der Waals surface area (Å²) in [6, 6.07) is 5.70. The van der Waals surface area contributed by atoms with E-state index in [1.807, 2.05) is 25.1 Å². The number of benzene rings is 1. The number of fused-ring (bicyclic) bond motifs is 1. The maximum absolute atomic E-state index is 12.3. The number of carbonyl (C=O) groups is 1. The normalized spacial score (nSPS) is 23.2. The maximum atomic E-state index is 12.3. The fourth-order valence-corrected chi connectivity index (χ4v) is 2.81. The van der Waals surface area contributed by atoms with Crippen LogP contribution in [0.25, 0.3) is 0 Å². The Morgan fingerprint density at radius 3 is 2.95 bits per heavy atom. The Labute approximate surface area is 125 Å². The van der Waals surface area contributed by atoms with E-state index in [2.05, 4.69) is 21.2 Å². The van der Waals surface area contributed by atoms with E-state index in [1.165, 1.54) is 0 Å². The van der Waals surface area contributed by atoms with Crippen molar-refractivity contribution in [2.45, 2.75) is 18.6 Å². The van der Waals surface area contributed by atoms with Crippen LogP contribution in [0.5, 0.6) is 5.75 Å². The molecule has 1 amide bonds. The Kier molecular flexibility index (Phi) is 3.70. The highest BCUT2D eigenvalue weighted by Crippen LogP contribution is 2.36. The second kappa shape index (κ2) is 5.35. The van der Waals surface area contributed by atoms with Crippen molar-refractivity contribution in [3.05, 3.63) is 28.2 Å². The number of carbonyl (C=O) groups excluding carboxylic acids is 1. The van der Waals surface area contributed by atoms with Crippen LogP contribution in [0.1, 0.15) is 18.4 Å². The first-order chi connectivity index (χ1) is 9.57. The molecule has 0 bridgehead atoms. The molecule has 0 saturated carbocycles. The predicted octanol–water partition coefficient (Wildman–Crippen LogP) is 1.80. The second-order valence-electron chi connectivity index (χ2n) is 5.09. The minimum Gasteiger partial charge on any atom is -0.492 e. The van der Waals surface area contributed by atoms with Gasteiger partial charge in [-0.3, -0.25) is 4.79 Å². The molecule has 2 aliphatic heterocycles. The van der Waals surface area contributed by atoms with Gasteiger partial charge in [0.2, 0.25) is 5.91 Å². The Hall–Kier alpha value is -1.11. The van der Waals surface area contributed by atoms with Crippen molar-refractivity contribution in [3.63, 3.8) is 0 Å². The van der Waals surface area contributed by atoms with E-state index in [0.717, 1.165) is 15.8 Å². The van der Waals surface area contributed by atoms with Crippen LogP contribution in [0.2, 0.25) is 0 Å². The summed E-state index contributed by atoms with van der Waals surface area (Å²) in [6.07, 6.45) is 0. The molecule has 1 aromatic carbocycles. The zero-order chi connectivity index (χ0) is 14.2. The van der Waals surface area contributed by atoms with E-state index in [9.17, 15) is 4.79 Å². The molecule has 2 heterocycles. The van der Waals surface area contributed by atoms with Crippen LogP contribution in [0.3, 0.4) is 0 Å². The summed E-state index contributed by atoms with van der Waals surface area (Å²) in [4.78, 5) is 12.3. The van der Waals surface area contributed by atoms with Crippen molar-refractivity contribution >= 4 is 21.8 Å². The highest BCUT2D eigenvalue weighted by Gasteiger charge is 2.35. The topological polar surface area (TPSA) is 56.8 Å². The van der Waals surface area contributed by atoms with Gasteiger partial charge in [0.25, 0.3) is 0 Å². The van der Waals surface area contributed by atoms with Gasteiger partial charge >= 0.3 is 0 Å². The van der Waals surface area contributed by atoms with Crippen LogP contribution in [0, 0.1) is 0 Å². The number of amides is 1. The van der Waals surface area contributed by atoms with E-state index < -0.39 is 5.79 Å². The van der Waals surface area contributed by atoms with Gasteiger partial charge in [-0.25, -0.2) is 0 Å². The third-order valence-electron chi connectivity index (χ3n) is 3.55. The van der Waals surface area contributed by atoms with Crippen molar-refractivity contribution in [1.82, 2.24) is 5.32 Å². The Morgan fingerprint density at radius 2 is 2.20 bits per heavy atom. The summed E-state index contributed by atoms with van der Waals surface area (Å²) >= 11 is 3.42. The van der Waals surface area contributed by atoms with Gasteiger partial charge in [0.1, 0.15) is 18.3 Å². The summed E-state index contributed by atoms with van der Waals surface area (Å²) in [7, 11) is 0. The fraction of sp³-hybridized carbons (Fsp3) is 0.500. The summed E-state index contributed by atoms with van der Waals surface area (Å²) in [6.45, 7) is 3.67. The van der Waals surface area contributed by atoms with Gasteiger partial charge in [-0.05, 0) is 25.1 Å². The largest absolute Gasteiger partial charge is 0.492 e. The van der Waals surface area contributed by atoms with Gasteiger partial charge < -0.3 is 19.5 Å². The van der Waals surface area contributed by atoms with E-state index in [4.69, 9.17) is 14.2 Å². The molecule has 0 aliphatic carbocycles. The predicted molar refractivity (Wildman–Crippen MR) is 75.7 cm³/mol. The third kappa shape index (κ3) is 2.68. The lowest BCUT2D eigenvalue weighted by Crippen LogP contribution is -2.43. The molecule has 1 N–H and O–H groups in total. The number of hydrogen-bond donors (Lipinski definition) is 1. The van der Waals surface area contributed by atoms with E-state index in [-0.39, 0.29) is 11.8 Å². The molecule has 0 aromatic heterocycles. The van der Waals surface area contributed by atoms with Crippen LogP contribution < -0.4 is 10.1 Å². The standard InChI is InChI=1S/C14H16BrNO4/c1-14(19-4-5-20-14)8-16-13(17)11-7-18-12-3-2-9(15)6-10(11)12/h2-3,6,11H,4-5,7-8H2,1H3,(H,16,17)/t11-/m0/s1. The molecule has 0 unspecified atom stereocenters. The van der Waals surface area contributed by atoms with Crippen molar-refractivity contribution in [2.75, 3.05) is 26.4 Å². The SMILES string of the molecule is CC1(CNC(=O)[C@H]2COc3ccc(Br)cc32)OCCO1. The smallest absolute Gasteiger partial charge is 0.231 e. The highest BCUT2D eigenvalue weighted by atomic mass is 79.9. The van der Waals surface area contributed by atoms with Gasteiger partial charge in [-0.2, -0.15) is 0 Å². The third-order valence-corrected chi connectivity index (χ3v) is 4.04. The number of ether oxygens (including phenoxy) is 3. The monoisotopic (exact) mass is 341 g/mol. The van der Waals surface area contributed by atoms with E-state index in [0.29, 0.717) is 26.4 Å². The molecule has 3 rings (SSSR count). The molecule has 6 heteroatoms. The molecule has 1 aromatic rings. The minimum absolute atomic E-state index is 0.0674. The quantitative estimate of drug-likeness (QED) is 0.910. The van der Waals surface area contributed by atoms with Crippen LogP contribution in [-0.2, 0) is 14.3 Å². The zero-order valence-electron chi connectivity index (χ0n) is 11.1. The number of hydrogen-bond acceptors (Lipinski definition) is 4. The highest BCUT2D eigenvalue weighted by molar-refractivity contribution is 9.10. The molecule has 1 atom stereocenters. The lowest BCUT2D eigenvalue weighted by Gasteiger charge is -2.23. The molecular weight excluding hydrogens is 326 g/mol. The maximum Gasteiger partial charge on any atom is 0.231 e. The number of nitrogens with one attached hydrogen (secondary N) is 1. The molecule has 0 spiro atoms. The van der Waals surface area contributed by atoms with Crippen molar-refractivity contribution in [3.8, 4) is 5.75 Å². The summed E-state index contributed by atoms with van der Waals surface area (Å²) in [5.41, 5.74) is 0.912. The van der Waals surface area contributed by atoms with Gasteiger partial charge in [0, 0.05) is 10.0 Å². The number of halogens is 1. The summed E-state index contributed by atoms with van der Waals surface area (Å²) in [5.74, 6) is -0.294. The van der Waals surface area contributed by atoms with Crippen molar-refractivity contribution < 1.29 is 19.0 Å². The average molecular weight is 342 g/mol. The Bertz CT molecular complexity index is 528. The first-order valence-corrected chi connectivity index (χ1v) is 7.35. The van der Waals surface area contributed by atoms with Crippen molar-refractivity contribution in [1.29, 1.82) is 0 Å². The van der Waals surface area contributed by atoms with Crippen LogP contribution in [-0.4, -0.2) is 38.1 Å². The van der Waals surface area contributed by atoms with Gasteiger partial charge in [-0.15, -0.1) is 0 Å². The summed E-state index contributed by atoms with van der Waals surface area (Å²) < 4.78 is 17.4. The second-order valence-corrected chi connectivity index (χ2v) is 6.01. The van der Waals surface area contributed by atoms with Gasteiger partial charge in [0.15, 0.2) is 5.79 Å². The number of rotatable bonds is 3. The first kappa shape index (κ1) is 13.9. The van der Waals surface area contributed by atoms with E-state index >= 15 is 0 Å². The van der Waals surface area contributed by atoms with Crippen LogP contribution in [0.15, 0.2) is 22.7 Å². The van der Waals surface area contributed by atoms with Gasteiger partial charge in [-0.1, -0.05) is 15.9 Å². The lowest BCUT2D eigenvalue weighted by molar-refractivity contribution is -0.146. The molecule has 2 aliphatic rings. The molecule has 1 fully saturated rings. The first-order valence-electron chi connectivity index (χ1n) is 6.55. The molecular formula is C14H16BrNO4. The average Bonchev–Trinajstić information content (AvgIpc) is 3.03. The lowest BCUT2D eigenvalue weighted by atomic mass is 10.0. The molecule has 20 heavy (non-hydrogen) atoms. The summed E-state index contributed by atoms with van der Waals surface area (Å²) in [5, 5.41) is 2.88. The fourth-order valence-electron chi connectivity index (χ4n) is 2.43. The Morgan fingerprint density at radius 1 is 1.45 bits per heavy atom. The minimum atomic E-state index is -0.713. The van der Waals surface area contributed by atoms with E-state index in [1.54, 1.807) is 0 Å². The van der Waals surface area contributed by atoms with Crippen LogP contribution >= 0.6 is 15.9 Å². The van der Waals surface area contributed by atoms with Crippen molar-refractivity contribution in [2.24, 2.45) is 0 Å². The zero-order valence-corrected chi connectivity index (χ0v) is 12.7. The molecule has 108 valence electrons. The van der Waals surface area contributed by atoms with Gasteiger partial charge in [0.05, 0.1) is 19.8 Å². The molecule has 5 nitrogen and oxygen atoms in total. The molecule has 1 saturated heterocycles.